The topological polar surface area (TPSA) is 187 Å². The van der Waals surface area contributed by atoms with Gasteiger partial charge in [-0.05, 0) is 78.0 Å². The van der Waals surface area contributed by atoms with Crippen molar-refractivity contribution < 1.29 is 39.6 Å². The van der Waals surface area contributed by atoms with Crippen LogP contribution in [0.4, 0.5) is 5.69 Å². The molecule has 5 rings (SSSR count). The van der Waals surface area contributed by atoms with Gasteiger partial charge in [0, 0.05) is 28.7 Å². The number of hydrogen-bond acceptors (Lipinski definition) is 8. The number of benzene rings is 2. The number of carbonyl (C=O) groups excluding carboxylic acids is 4. The maximum absolute atomic E-state index is 14.3. The minimum atomic E-state index is -2.56. The normalized spacial score (nSPS) is 33.0. The molecule has 10 nitrogen and oxygen atoms in total. The predicted molar refractivity (Wildman–Crippen MR) is 174 cm³/mol. The number of amides is 2. The van der Waals surface area contributed by atoms with Gasteiger partial charge in [0.1, 0.15) is 17.8 Å². The third kappa shape index (κ3) is 5.35. The lowest BCUT2D eigenvalue weighted by atomic mass is 9.39. The monoisotopic (exact) mass is 644 g/mol. The van der Waals surface area contributed by atoms with Crippen LogP contribution in [0.25, 0.3) is 0 Å². The first kappa shape index (κ1) is 34.3. The van der Waals surface area contributed by atoms with Crippen molar-refractivity contribution in [1.82, 2.24) is 0 Å². The highest BCUT2D eigenvalue weighted by Gasteiger charge is 2.75. The number of anilines is 1. The Labute approximate surface area is 274 Å². The maximum atomic E-state index is 14.3. The molecule has 250 valence electrons. The summed E-state index contributed by atoms with van der Waals surface area (Å²) in [5, 5.41) is 49.2. The molecule has 3 aliphatic carbocycles. The number of phenols is 1. The summed E-state index contributed by atoms with van der Waals surface area (Å²) in [7, 11) is 0. The molecule has 2 amide bonds. The Kier molecular flexibility index (Phi) is 8.67. The van der Waals surface area contributed by atoms with E-state index < -0.39 is 63.9 Å². The van der Waals surface area contributed by atoms with E-state index in [2.05, 4.69) is 17.2 Å². The summed E-state index contributed by atoms with van der Waals surface area (Å²) in [4.78, 5) is 52.6. The van der Waals surface area contributed by atoms with Crippen LogP contribution in [0.1, 0.15) is 81.4 Å². The van der Waals surface area contributed by atoms with Crippen molar-refractivity contribution in [1.29, 1.82) is 0 Å². The lowest BCUT2D eigenvalue weighted by Gasteiger charge is -2.66. The number of nitrogens with two attached hydrogens (primary N) is 1. The van der Waals surface area contributed by atoms with Gasteiger partial charge in [-0.1, -0.05) is 53.4 Å². The van der Waals surface area contributed by atoms with Crippen molar-refractivity contribution in [3.63, 3.8) is 0 Å². The second kappa shape index (κ2) is 11.9. The van der Waals surface area contributed by atoms with E-state index in [0.29, 0.717) is 28.8 Å². The summed E-state index contributed by atoms with van der Waals surface area (Å²) in [5.74, 6) is -1.03. The first-order valence-electron chi connectivity index (χ1n) is 16.1. The molecule has 0 saturated heterocycles. The average molecular weight is 645 g/mol. The highest BCUT2D eigenvalue weighted by Crippen LogP contribution is 2.65. The molecule has 8 atom stereocenters. The number of primary amides is 1. The molecule has 0 radical (unpaired) electrons. The van der Waals surface area contributed by atoms with Crippen LogP contribution >= 0.6 is 0 Å². The van der Waals surface area contributed by atoms with Crippen LogP contribution in [-0.4, -0.2) is 61.6 Å². The first-order chi connectivity index (χ1) is 21.9. The molecule has 0 bridgehead atoms. The van der Waals surface area contributed by atoms with Gasteiger partial charge in [-0.2, -0.15) is 0 Å². The summed E-state index contributed by atoms with van der Waals surface area (Å²) >= 11 is 0. The Morgan fingerprint density at radius 1 is 1.02 bits per heavy atom. The van der Waals surface area contributed by atoms with Gasteiger partial charge in [0.05, 0.1) is 17.6 Å². The number of nitrogens with one attached hydrogen (secondary N) is 1. The Bertz CT molecular complexity index is 1700. The fraction of sp³-hybridized carbons (Fsp3) is 0.514. The molecule has 0 spiro atoms. The number of carbonyl (C=O) groups is 4. The summed E-state index contributed by atoms with van der Waals surface area (Å²) < 4.78 is 0. The zero-order valence-electron chi connectivity index (χ0n) is 27.6. The van der Waals surface area contributed by atoms with Crippen LogP contribution in [0.3, 0.4) is 0 Å². The predicted octanol–water partition coefficient (Wildman–Crippen LogP) is 2.96. The number of hydrogen-bond donors (Lipinski definition) is 6. The van der Waals surface area contributed by atoms with Gasteiger partial charge in [0.2, 0.25) is 11.8 Å². The molecule has 3 aliphatic rings. The third-order valence-corrected chi connectivity index (χ3v) is 10.8. The van der Waals surface area contributed by atoms with Gasteiger partial charge in [0.25, 0.3) is 0 Å². The van der Waals surface area contributed by atoms with Crippen LogP contribution < -0.4 is 11.1 Å². The molecule has 7 N–H and O–H groups in total. The molecule has 2 aromatic carbocycles. The molecular weight excluding hydrogens is 600 g/mol. The second-order valence-electron chi connectivity index (χ2n) is 14.9. The molecule has 2 fully saturated rings. The van der Waals surface area contributed by atoms with Gasteiger partial charge in [0.15, 0.2) is 17.2 Å². The summed E-state index contributed by atoms with van der Waals surface area (Å²) in [6.45, 7) is 11.0. The van der Waals surface area contributed by atoms with Crippen LogP contribution in [-0.2, 0) is 20.8 Å². The van der Waals surface area contributed by atoms with Crippen molar-refractivity contribution in [2.75, 3.05) is 5.32 Å². The molecular formula is C37H44N2O8. The number of ketones is 2. The fourth-order valence-corrected chi connectivity index (χ4v) is 9.01. The van der Waals surface area contributed by atoms with Crippen LogP contribution in [0, 0.1) is 52.3 Å². The maximum Gasteiger partial charge on any atom is 0.230 e. The Morgan fingerprint density at radius 3 is 2.23 bits per heavy atom. The SMILES string of the molecule is CC(C)CC(=O)Nc1ccc(C#Cc2ccc(O)c3c2C[C@]2(C)C[C@]4(C)[C@@H](C(C)C)C(O)[C@@H](C(N)=O)C(=O)[C@]4(O)C(O)[C@H]2C3=O)cc1. The quantitative estimate of drug-likeness (QED) is 0.212. The van der Waals surface area contributed by atoms with E-state index in [1.807, 2.05) is 13.8 Å². The number of rotatable bonds is 5. The zero-order valence-corrected chi connectivity index (χ0v) is 27.6. The summed E-state index contributed by atoms with van der Waals surface area (Å²) in [6.07, 6.45) is -2.81. The van der Waals surface area contributed by atoms with Gasteiger partial charge in [-0.15, -0.1) is 0 Å². The third-order valence-electron chi connectivity index (χ3n) is 10.8. The van der Waals surface area contributed by atoms with Crippen LogP contribution in [0.5, 0.6) is 5.75 Å². The highest BCUT2D eigenvalue weighted by atomic mass is 16.4. The first-order valence-corrected chi connectivity index (χ1v) is 16.1. The van der Waals surface area contributed by atoms with Crippen LogP contribution in [0.15, 0.2) is 36.4 Å². The summed E-state index contributed by atoms with van der Waals surface area (Å²) in [6, 6.07) is 10.0. The van der Waals surface area contributed by atoms with Gasteiger partial charge in [-0.25, -0.2) is 0 Å². The van der Waals surface area contributed by atoms with Crippen molar-refractivity contribution in [2.24, 2.45) is 46.2 Å². The molecule has 47 heavy (non-hydrogen) atoms. The molecule has 10 heteroatoms. The van der Waals surface area contributed by atoms with Crippen molar-refractivity contribution in [3.8, 4) is 17.6 Å². The van der Waals surface area contributed by atoms with Gasteiger partial charge in [-0.3, -0.25) is 19.2 Å². The molecule has 2 aromatic rings. The number of Topliss-reactive ketones (excluding diaryl/α,β-unsaturated/α-hetero) is 2. The van der Waals surface area contributed by atoms with E-state index in [1.54, 1.807) is 58.0 Å². The van der Waals surface area contributed by atoms with Gasteiger partial charge < -0.3 is 31.5 Å². The molecule has 2 saturated carbocycles. The number of aliphatic hydroxyl groups excluding tert-OH is 2. The van der Waals surface area contributed by atoms with E-state index in [-0.39, 0.29) is 41.9 Å². The molecule has 0 heterocycles. The Hall–Kier alpha value is -4.04. The number of fused-ring (bicyclic) bond motifs is 3. The Morgan fingerprint density at radius 2 is 1.66 bits per heavy atom. The van der Waals surface area contributed by atoms with Crippen molar-refractivity contribution >= 4 is 29.1 Å². The highest BCUT2D eigenvalue weighted by molar-refractivity contribution is 6.09. The van der Waals surface area contributed by atoms with E-state index in [1.165, 1.54) is 6.07 Å². The molecule has 0 aliphatic heterocycles. The molecule has 2 unspecified atom stereocenters. The van der Waals surface area contributed by atoms with Crippen LogP contribution in [0.2, 0.25) is 0 Å². The smallest absolute Gasteiger partial charge is 0.230 e. The lowest BCUT2D eigenvalue weighted by molar-refractivity contribution is -0.265. The summed E-state index contributed by atoms with van der Waals surface area (Å²) in [5.41, 5.74) is 2.74. The lowest BCUT2D eigenvalue weighted by Crippen LogP contribution is -2.79. The number of aromatic hydroxyl groups is 1. The van der Waals surface area contributed by atoms with E-state index in [9.17, 15) is 39.6 Å². The zero-order chi connectivity index (χ0) is 34.8. The number of phenolic OH excluding ortho intramolecular Hbond substituents is 1. The minimum Gasteiger partial charge on any atom is -0.507 e. The standard InChI is InChI=1S/C37H44N2O8/c1-18(2)15-25(41)39-22-12-8-20(9-13-22)7-10-21-11-14-24(40)26-23(21)16-35(5)17-36(6)28(19(3)4)31(43)27(34(38)46)32(44)37(36,47)33(45)29(35)30(26)42/h8-9,11-14,18-19,27-29,31,33,40,43,45,47H,15-17H2,1-6H3,(H2,38,46)(H,39,41)/t27-,28+,29-,31?,33?,35-,36-,37+/m1/s1. The average Bonchev–Trinajstić information content (AvgIpc) is 2.94. The Balaban J connectivity index is 1.55. The van der Waals surface area contributed by atoms with E-state index in [4.69, 9.17) is 5.73 Å². The van der Waals surface area contributed by atoms with Gasteiger partial charge >= 0.3 is 0 Å². The largest absolute Gasteiger partial charge is 0.507 e. The molecule has 0 aromatic heterocycles. The van der Waals surface area contributed by atoms with E-state index >= 15 is 0 Å². The minimum absolute atomic E-state index is 0.0381. The van der Waals surface area contributed by atoms with Crippen molar-refractivity contribution in [3.05, 3.63) is 58.7 Å². The van der Waals surface area contributed by atoms with Crippen molar-refractivity contribution in [2.45, 2.75) is 78.6 Å². The fourth-order valence-electron chi connectivity index (χ4n) is 9.01. The second-order valence-corrected chi connectivity index (χ2v) is 14.9. The van der Waals surface area contributed by atoms with E-state index in [0.717, 1.165) is 0 Å². The number of aliphatic hydroxyl groups is 3.